The number of fused-ring (bicyclic) bond motifs is 2. The van der Waals surface area contributed by atoms with Crippen molar-refractivity contribution in [2.24, 2.45) is 0 Å². The molecule has 3 heterocycles. The summed E-state index contributed by atoms with van der Waals surface area (Å²) in [4.78, 5) is 30.1. The van der Waals surface area contributed by atoms with Gasteiger partial charge in [-0.25, -0.2) is 8.78 Å². The third kappa shape index (κ3) is 6.85. The van der Waals surface area contributed by atoms with E-state index in [0.29, 0.717) is 23.5 Å². The molecule has 7 nitrogen and oxygen atoms in total. The summed E-state index contributed by atoms with van der Waals surface area (Å²) in [5, 5.41) is 5.82. The maximum atomic E-state index is 15.1. The number of aromatic nitrogens is 2. The Bertz CT molecular complexity index is 2010. The molecule has 0 spiro atoms. The third-order valence-electron chi connectivity index (χ3n) is 8.62. The molecular weight excluding hydrogens is 631 g/mol. The fourth-order valence-corrected chi connectivity index (χ4v) is 6.17. The molecule has 1 amide bonds. The number of nitrogens with one attached hydrogen (secondary N) is 2. The van der Waals surface area contributed by atoms with Crippen molar-refractivity contribution >= 4 is 33.8 Å². The number of carbonyl (C=O) groups is 2. The number of halogens is 5. The second-order valence-electron chi connectivity index (χ2n) is 11.6. The van der Waals surface area contributed by atoms with Gasteiger partial charge >= 0.3 is 6.18 Å². The SMILES string of the molecule is COC1CCC(NC/C=C/C(=O)Nc2c(F)cc(C(=O)c3ccc4c(-c5cc6ncccc6cc5C(F)(F)F)cccn34)cc2F)CC1. The van der Waals surface area contributed by atoms with E-state index in [1.165, 1.54) is 59.3 Å². The number of alkyl halides is 3. The van der Waals surface area contributed by atoms with Gasteiger partial charge in [-0.1, -0.05) is 18.2 Å². The lowest BCUT2D eigenvalue weighted by atomic mass is 9.93. The normalized spacial score (nSPS) is 17.0. The maximum absolute atomic E-state index is 15.1. The molecule has 1 aliphatic rings. The van der Waals surface area contributed by atoms with Crippen LogP contribution in [0.4, 0.5) is 27.6 Å². The number of hydrogen-bond acceptors (Lipinski definition) is 5. The average Bonchev–Trinajstić information content (AvgIpc) is 3.51. The molecule has 0 atom stereocenters. The molecule has 0 aliphatic heterocycles. The average molecular weight is 663 g/mol. The maximum Gasteiger partial charge on any atom is 0.417 e. The molecule has 1 saturated carbocycles. The van der Waals surface area contributed by atoms with Crippen LogP contribution in [0.2, 0.25) is 0 Å². The summed E-state index contributed by atoms with van der Waals surface area (Å²) in [5.74, 6) is -3.84. The number of nitrogens with zero attached hydrogens (tertiary/aromatic N) is 2. The van der Waals surface area contributed by atoms with E-state index in [2.05, 4.69) is 15.6 Å². The van der Waals surface area contributed by atoms with Crippen LogP contribution in [0.15, 0.2) is 85.2 Å². The fraction of sp³-hybridized carbons (Fsp3) is 0.250. The van der Waals surface area contributed by atoms with E-state index in [0.717, 1.165) is 43.9 Å². The minimum atomic E-state index is -4.68. The summed E-state index contributed by atoms with van der Waals surface area (Å²) in [5.41, 5.74) is -1.27. The zero-order valence-electron chi connectivity index (χ0n) is 25.8. The van der Waals surface area contributed by atoms with E-state index in [4.69, 9.17) is 4.74 Å². The number of rotatable bonds is 9. The van der Waals surface area contributed by atoms with E-state index in [9.17, 15) is 22.8 Å². The van der Waals surface area contributed by atoms with Crippen molar-refractivity contribution in [1.82, 2.24) is 14.7 Å². The Morgan fingerprint density at radius 2 is 1.73 bits per heavy atom. The molecule has 1 fully saturated rings. The van der Waals surface area contributed by atoms with Crippen LogP contribution in [-0.4, -0.2) is 46.9 Å². The smallest absolute Gasteiger partial charge is 0.381 e. The van der Waals surface area contributed by atoms with Crippen LogP contribution >= 0.6 is 0 Å². The van der Waals surface area contributed by atoms with Gasteiger partial charge in [-0.15, -0.1) is 0 Å². The summed E-state index contributed by atoms with van der Waals surface area (Å²) in [6.07, 6.45) is 5.06. The van der Waals surface area contributed by atoms with Gasteiger partial charge in [0.05, 0.1) is 28.4 Å². The Kier molecular flexibility index (Phi) is 9.38. The van der Waals surface area contributed by atoms with Crippen LogP contribution in [0.5, 0.6) is 0 Å². The summed E-state index contributed by atoms with van der Waals surface area (Å²) in [7, 11) is 1.70. The quantitative estimate of drug-likeness (QED) is 0.0960. The van der Waals surface area contributed by atoms with Crippen molar-refractivity contribution in [3.8, 4) is 11.1 Å². The molecule has 5 aromatic rings. The number of amides is 1. The molecule has 3 aromatic heterocycles. The van der Waals surface area contributed by atoms with Gasteiger partial charge in [-0.05, 0) is 79.8 Å². The molecule has 48 heavy (non-hydrogen) atoms. The Labute approximate surface area is 272 Å². The second kappa shape index (κ2) is 13.7. The van der Waals surface area contributed by atoms with Crippen LogP contribution in [-0.2, 0) is 15.7 Å². The highest BCUT2D eigenvalue weighted by Crippen LogP contribution is 2.41. The molecule has 12 heteroatoms. The molecule has 2 aromatic carbocycles. The first-order valence-corrected chi connectivity index (χ1v) is 15.4. The number of anilines is 1. The lowest BCUT2D eigenvalue weighted by Crippen LogP contribution is -2.35. The molecular formula is C36H31F5N4O3. The first-order chi connectivity index (χ1) is 23.0. The Hall–Kier alpha value is -4.94. The number of ether oxygens (including phenoxy) is 1. The van der Waals surface area contributed by atoms with Crippen molar-refractivity contribution in [3.05, 3.63) is 114 Å². The summed E-state index contributed by atoms with van der Waals surface area (Å²) in [6.45, 7) is 0.399. The van der Waals surface area contributed by atoms with Gasteiger partial charge < -0.3 is 19.8 Å². The van der Waals surface area contributed by atoms with E-state index >= 15 is 8.78 Å². The van der Waals surface area contributed by atoms with Crippen LogP contribution in [0.1, 0.15) is 47.3 Å². The third-order valence-corrected chi connectivity index (χ3v) is 8.62. The molecule has 0 radical (unpaired) electrons. The predicted molar refractivity (Wildman–Crippen MR) is 172 cm³/mol. The predicted octanol–water partition coefficient (Wildman–Crippen LogP) is 7.72. The first kappa shape index (κ1) is 33.0. The van der Waals surface area contributed by atoms with E-state index in [1.807, 2.05) is 0 Å². The highest BCUT2D eigenvalue weighted by Gasteiger charge is 2.35. The number of carbonyl (C=O) groups excluding carboxylic acids is 2. The molecule has 0 unspecified atom stereocenters. The van der Waals surface area contributed by atoms with Crippen molar-refractivity contribution in [1.29, 1.82) is 0 Å². The van der Waals surface area contributed by atoms with Gasteiger partial charge in [0.15, 0.2) is 0 Å². The van der Waals surface area contributed by atoms with Crippen LogP contribution < -0.4 is 10.6 Å². The first-order valence-electron chi connectivity index (χ1n) is 15.4. The lowest BCUT2D eigenvalue weighted by molar-refractivity contribution is -0.137. The molecule has 2 N–H and O–H groups in total. The number of pyridine rings is 2. The zero-order chi connectivity index (χ0) is 34.0. The molecule has 248 valence electrons. The summed E-state index contributed by atoms with van der Waals surface area (Å²) < 4.78 is 79.4. The van der Waals surface area contributed by atoms with Crippen molar-refractivity contribution in [3.63, 3.8) is 0 Å². The second-order valence-corrected chi connectivity index (χ2v) is 11.6. The Morgan fingerprint density at radius 1 is 0.979 bits per heavy atom. The van der Waals surface area contributed by atoms with Gasteiger partial charge in [0.25, 0.3) is 0 Å². The van der Waals surface area contributed by atoms with Crippen molar-refractivity contribution in [2.75, 3.05) is 19.0 Å². The van der Waals surface area contributed by atoms with Gasteiger partial charge in [0.1, 0.15) is 17.3 Å². The van der Waals surface area contributed by atoms with Crippen LogP contribution in [0.3, 0.4) is 0 Å². The van der Waals surface area contributed by atoms with Gasteiger partial charge in [0.2, 0.25) is 11.7 Å². The minimum Gasteiger partial charge on any atom is -0.381 e. The largest absolute Gasteiger partial charge is 0.417 e. The number of benzene rings is 2. The van der Waals surface area contributed by atoms with E-state index < -0.39 is 40.8 Å². The molecule has 0 saturated heterocycles. The minimum absolute atomic E-state index is 0.0268. The van der Waals surface area contributed by atoms with Crippen molar-refractivity contribution in [2.45, 2.75) is 44.0 Å². The highest BCUT2D eigenvalue weighted by molar-refractivity contribution is 6.09. The van der Waals surface area contributed by atoms with Crippen LogP contribution in [0.25, 0.3) is 27.5 Å². The topological polar surface area (TPSA) is 84.7 Å². The molecule has 1 aliphatic carbocycles. The van der Waals surface area contributed by atoms with E-state index in [1.54, 1.807) is 19.3 Å². The number of ketones is 1. The van der Waals surface area contributed by atoms with Gasteiger partial charge in [0, 0.05) is 54.7 Å². The standard InChI is InChI=1S/C36H31F5N4O3/c1-48-24-10-8-23(9-11-24)42-14-3-7-33(46)44-34-28(37)18-22(19-29(34)38)35(47)32-13-12-31-25(6-4-16-45(31)32)26-20-30-21(5-2-15-43-30)17-27(26)36(39,40)41/h2-7,12-13,15-20,23-24,42H,8-11,14H2,1H3,(H,44,46)/b7-3+. The van der Waals surface area contributed by atoms with Gasteiger partial charge in [-0.3, -0.25) is 14.6 Å². The Morgan fingerprint density at radius 3 is 2.44 bits per heavy atom. The monoisotopic (exact) mass is 662 g/mol. The van der Waals surface area contributed by atoms with E-state index in [-0.39, 0.29) is 34.0 Å². The highest BCUT2D eigenvalue weighted by atomic mass is 19.4. The molecule has 6 rings (SSSR count). The van der Waals surface area contributed by atoms with Crippen LogP contribution in [0, 0.1) is 11.6 Å². The summed E-state index contributed by atoms with van der Waals surface area (Å²) >= 11 is 0. The number of hydrogen-bond donors (Lipinski definition) is 2. The molecule has 0 bridgehead atoms. The van der Waals surface area contributed by atoms with Gasteiger partial charge in [-0.2, -0.15) is 13.2 Å². The fourth-order valence-electron chi connectivity index (χ4n) is 6.17. The zero-order valence-corrected chi connectivity index (χ0v) is 25.8. The number of methoxy groups -OCH3 is 1. The van der Waals surface area contributed by atoms with Crippen molar-refractivity contribution < 1.29 is 36.3 Å². The summed E-state index contributed by atoms with van der Waals surface area (Å²) in [6, 6.07) is 13.2. The lowest BCUT2D eigenvalue weighted by Gasteiger charge is -2.27. The Balaban J connectivity index is 1.21.